The molecular weight excluding hydrogens is 364 g/mol. The van der Waals surface area contributed by atoms with E-state index in [9.17, 15) is 9.59 Å². The zero-order chi connectivity index (χ0) is 19.2. The zero-order valence-corrected chi connectivity index (χ0v) is 15.4. The van der Waals surface area contributed by atoms with Crippen LogP contribution in [0.1, 0.15) is 17.3 Å². The summed E-state index contributed by atoms with van der Waals surface area (Å²) in [6, 6.07) is 12.2. The molecule has 3 N–H and O–H groups in total. The van der Waals surface area contributed by atoms with Gasteiger partial charge in [-0.15, -0.1) is 10.2 Å². The Labute approximate surface area is 160 Å². The van der Waals surface area contributed by atoms with E-state index >= 15 is 0 Å². The van der Waals surface area contributed by atoms with Crippen molar-refractivity contribution in [3.63, 3.8) is 0 Å². The molecule has 9 heteroatoms. The number of aromatic nitrogens is 4. The highest BCUT2D eigenvalue weighted by molar-refractivity contribution is 7.99. The summed E-state index contributed by atoms with van der Waals surface area (Å²) in [5.41, 5.74) is 6.71. The summed E-state index contributed by atoms with van der Waals surface area (Å²) in [6.07, 6.45) is 1.69. The van der Waals surface area contributed by atoms with Crippen LogP contribution in [-0.2, 0) is 11.3 Å². The van der Waals surface area contributed by atoms with Crippen molar-refractivity contribution >= 4 is 29.3 Å². The number of hydrogen-bond donors (Lipinski definition) is 2. The summed E-state index contributed by atoms with van der Waals surface area (Å²) in [5.74, 6) is -0.0870. The van der Waals surface area contributed by atoms with Gasteiger partial charge in [0.15, 0.2) is 11.0 Å². The van der Waals surface area contributed by atoms with Crippen molar-refractivity contribution in [2.24, 2.45) is 5.73 Å². The Hall–Kier alpha value is -3.20. The second-order valence-electron chi connectivity index (χ2n) is 5.51. The van der Waals surface area contributed by atoms with Crippen LogP contribution in [0.5, 0.6) is 0 Å². The number of nitrogens with zero attached hydrogens (tertiary/aromatic N) is 4. The maximum atomic E-state index is 12.3. The van der Waals surface area contributed by atoms with Gasteiger partial charge >= 0.3 is 0 Å². The van der Waals surface area contributed by atoms with Crippen LogP contribution in [0.3, 0.4) is 0 Å². The van der Waals surface area contributed by atoms with Crippen LogP contribution in [0.25, 0.3) is 11.5 Å². The molecule has 2 heterocycles. The highest BCUT2D eigenvalue weighted by atomic mass is 32.2. The summed E-state index contributed by atoms with van der Waals surface area (Å²) < 4.78 is 1.90. The number of para-hydroxylation sites is 1. The van der Waals surface area contributed by atoms with Crippen LogP contribution >= 0.6 is 11.8 Å². The predicted molar refractivity (Wildman–Crippen MR) is 103 cm³/mol. The molecule has 0 saturated heterocycles. The van der Waals surface area contributed by atoms with Crippen LogP contribution in [0, 0.1) is 0 Å². The van der Waals surface area contributed by atoms with Crippen molar-refractivity contribution in [3.8, 4) is 11.5 Å². The van der Waals surface area contributed by atoms with Crippen LogP contribution in [-0.4, -0.2) is 37.3 Å². The third kappa shape index (κ3) is 4.32. The first-order chi connectivity index (χ1) is 13.1. The molecule has 2 aromatic heterocycles. The number of hydrogen-bond acceptors (Lipinski definition) is 6. The molecular formula is C18H18N6O2S. The van der Waals surface area contributed by atoms with E-state index in [2.05, 4.69) is 20.5 Å². The van der Waals surface area contributed by atoms with Gasteiger partial charge < -0.3 is 15.6 Å². The fourth-order valence-electron chi connectivity index (χ4n) is 2.49. The molecule has 0 fully saturated rings. The zero-order valence-electron chi connectivity index (χ0n) is 14.6. The molecule has 27 heavy (non-hydrogen) atoms. The normalized spacial score (nSPS) is 10.6. The lowest BCUT2D eigenvalue weighted by Crippen LogP contribution is -2.19. The summed E-state index contributed by atoms with van der Waals surface area (Å²) in [4.78, 5) is 28.0. The maximum absolute atomic E-state index is 12.3. The summed E-state index contributed by atoms with van der Waals surface area (Å²) in [6.45, 7) is 2.62. The third-order valence-electron chi connectivity index (χ3n) is 3.73. The average Bonchev–Trinajstić information content (AvgIpc) is 3.10. The molecule has 2 amide bonds. The lowest BCUT2D eigenvalue weighted by molar-refractivity contribution is -0.113. The van der Waals surface area contributed by atoms with Gasteiger partial charge in [-0.3, -0.25) is 14.6 Å². The number of anilines is 1. The molecule has 0 unspecified atom stereocenters. The Kier molecular flexibility index (Phi) is 5.82. The Balaban J connectivity index is 1.70. The molecule has 0 aliphatic carbocycles. The molecule has 3 rings (SSSR count). The van der Waals surface area contributed by atoms with E-state index in [1.165, 1.54) is 11.8 Å². The average molecular weight is 382 g/mol. The van der Waals surface area contributed by atoms with Gasteiger partial charge in [0.2, 0.25) is 5.91 Å². The first-order valence-electron chi connectivity index (χ1n) is 8.26. The molecule has 1 aromatic carbocycles. The van der Waals surface area contributed by atoms with Gasteiger partial charge in [-0.25, -0.2) is 0 Å². The van der Waals surface area contributed by atoms with E-state index in [0.717, 1.165) is 5.69 Å². The van der Waals surface area contributed by atoms with Crippen molar-refractivity contribution in [2.75, 3.05) is 11.1 Å². The SMILES string of the molecule is CCn1c(SCC(=O)Nc2ccccc2C(N)=O)nnc1-c1ccccn1. The van der Waals surface area contributed by atoms with Crippen LogP contribution in [0.15, 0.2) is 53.8 Å². The molecule has 138 valence electrons. The summed E-state index contributed by atoms with van der Waals surface area (Å²) in [7, 11) is 0. The number of primary amides is 1. The molecule has 0 saturated carbocycles. The van der Waals surface area contributed by atoms with Crippen LogP contribution in [0.2, 0.25) is 0 Å². The standard InChI is InChI=1S/C18H18N6O2S/c1-2-24-17(14-9-5-6-10-20-14)22-23-18(24)27-11-15(25)21-13-8-4-3-7-12(13)16(19)26/h3-10H,2,11H2,1H3,(H2,19,26)(H,21,25). The van der Waals surface area contributed by atoms with E-state index in [-0.39, 0.29) is 17.2 Å². The Morgan fingerprint density at radius 1 is 1.15 bits per heavy atom. The van der Waals surface area contributed by atoms with Crippen molar-refractivity contribution in [1.82, 2.24) is 19.7 Å². The number of carbonyl (C=O) groups is 2. The minimum atomic E-state index is -0.593. The first kappa shape index (κ1) is 18.6. The van der Waals surface area contributed by atoms with Crippen LogP contribution < -0.4 is 11.1 Å². The van der Waals surface area contributed by atoms with Crippen molar-refractivity contribution < 1.29 is 9.59 Å². The minimum absolute atomic E-state index is 0.118. The first-order valence-corrected chi connectivity index (χ1v) is 9.24. The second-order valence-corrected chi connectivity index (χ2v) is 6.45. The summed E-state index contributed by atoms with van der Waals surface area (Å²) >= 11 is 1.26. The topological polar surface area (TPSA) is 116 Å². The number of thioether (sulfide) groups is 1. The Morgan fingerprint density at radius 3 is 2.63 bits per heavy atom. The maximum Gasteiger partial charge on any atom is 0.250 e. The number of carbonyl (C=O) groups excluding carboxylic acids is 2. The van der Waals surface area contributed by atoms with E-state index in [4.69, 9.17) is 5.73 Å². The van der Waals surface area contributed by atoms with Crippen molar-refractivity contribution in [1.29, 1.82) is 0 Å². The minimum Gasteiger partial charge on any atom is -0.366 e. The van der Waals surface area contributed by atoms with Gasteiger partial charge in [-0.2, -0.15) is 0 Å². The van der Waals surface area contributed by atoms with Crippen molar-refractivity contribution in [3.05, 3.63) is 54.2 Å². The van der Waals surface area contributed by atoms with Crippen molar-refractivity contribution in [2.45, 2.75) is 18.6 Å². The molecule has 0 bridgehead atoms. The molecule has 0 spiro atoms. The smallest absolute Gasteiger partial charge is 0.250 e. The number of nitrogens with two attached hydrogens (primary N) is 1. The lowest BCUT2D eigenvalue weighted by atomic mass is 10.1. The molecule has 0 radical (unpaired) electrons. The Bertz CT molecular complexity index is 957. The highest BCUT2D eigenvalue weighted by Gasteiger charge is 2.16. The molecule has 0 atom stereocenters. The Morgan fingerprint density at radius 2 is 1.93 bits per heavy atom. The van der Waals surface area contributed by atoms with Gasteiger partial charge in [-0.1, -0.05) is 30.0 Å². The largest absolute Gasteiger partial charge is 0.366 e. The lowest BCUT2D eigenvalue weighted by Gasteiger charge is -2.09. The van der Waals surface area contributed by atoms with Gasteiger partial charge in [0.25, 0.3) is 5.91 Å². The quantitative estimate of drug-likeness (QED) is 0.605. The third-order valence-corrected chi connectivity index (χ3v) is 4.69. The summed E-state index contributed by atoms with van der Waals surface area (Å²) in [5, 5.41) is 11.7. The number of amides is 2. The van der Waals surface area contributed by atoms with Gasteiger partial charge in [-0.05, 0) is 31.2 Å². The van der Waals surface area contributed by atoms with Crippen LogP contribution in [0.4, 0.5) is 5.69 Å². The monoisotopic (exact) mass is 382 g/mol. The van der Waals surface area contributed by atoms with Gasteiger partial charge in [0, 0.05) is 12.7 Å². The fourth-order valence-corrected chi connectivity index (χ4v) is 3.29. The van der Waals surface area contributed by atoms with E-state index < -0.39 is 5.91 Å². The predicted octanol–water partition coefficient (Wildman–Crippen LogP) is 2.19. The molecule has 0 aliphatic rings. The number of rotatable bonds is 7. The van der Waals surface area contributed by atoms with E-state index in [0.29, 0.717) is 23.2 Å². The van der Waals surface area contributed by atoms with E-state index in [1.54, 1.807) is 30.5 Å². The number of benzene rings is 1. The second kappa shape index (κ2) is 8.45. The number of nitrogens with one attached hydrogen (secondary N) is 1. The number of pyridine rings is 1. The van der Waals surface area contributed by atoms with Gasteiger partial charge in [0.1, 0.15) is 5.69 Å². The van der Waals surface area contributed by atoms with E-state index in [1.807, 2.05) is 29.7 Å². The molecule has 8 nitrogen and oxygen atoms in total. The highest BCUT2D eigenvalue weighted by Crippen LogP contribution is 2.23. The fraction of sp³-hybridized carbons (Fsp3) is 0.167. The molecule has 3 aromatic rings. The molecule has 0 aliphatic heterocycles. The van der Waals surface area contributed by atoms with Gasteiger partial charge in [0.05, 0.1) is 17.0 Å².